The standard InChI is InChI=1S/C13H22N2O2/c1-10-12(17)14-8-11(16)15(10)9-13(2)6-4-3-5-7-13/h10H,3-9H2,1-2H3,(H,14,17). The quantitative estimate of drug-likeness (QED) is 0.788. The normalized spacial score (nSPS) is 29.1. The monoisotopic (exact) mass is 238 g/mol. The van der Waals surface area contributed by atoms with Gasteiger partial charge in [0.1, 0.15) is 6.04 Å². The van der Waals surface area contributed by atoms with Crippen LogP contribution in [0.4, 0.5) is 0 Å². The topological polar surface area (TPSA) is 49.4 Å². The van der Waals surface area contributed by atoms with E-state index in [-0.39, 0.29) is 29.8 Å². The largest absolute Gasteiger partial charge is 0.345 e. The minimum absolute atomic E-state index is 0.0241. The summed E-state index contributed by atoms with van der Waals surface area (Å²) >= 11 is 0. The van der Waals surface area contributed by atoms with Crippen molar-refractivity contribution in [2.45, 2.75) is 52.0 Å². The van der Waals surface area contributed by atoms with Crippen molar-refractivity contribution in [2.24, 2.45) is 5.41 Å². The summed E-state index contributed by atoms with van der Waals surface area (Å²) in [4.78, 5) is 25.2. The predicted molar refractivity (Wildman–Crippen MR) is 65.4 cm³/mol. The van der Waals surface area contributed by atoms with E-state index in [2.05, 4.69) is 12.2 Å². The number of piperazine rings is 1. The van der Waals surface area contributed by atoms with Gasteiger partial charge in [-0.05, 0) is 25.2 Å². The summed E-state index contributed by atoms with van der Waals surface area (Å²) < 4.78 is 0. The molecule has 96 valence electrons. The molecule has 1 saturated heterocycles. The molecule has 4 heteroatoms. The van der Waals surface area contributed by atoms with Crippen LogP contribution in [0.3, 0.4) is 0 Å². The van der Waals surface area contributed by atoms with Crippen LogP contribution in [0.15, 0.2) is 0 Å². The number of nitrogens with one attached hydrogen (secondary N) is 1. The summed E-state index contributed by atoms with van der Waals surface area (Å²) in [6.45, 7) is 4.97. The smallest absolute Gasteiger partial charge is 0.242 e. The van der Waals surface area contributed by atoms with Crippen LogP contribution in [0.2, 0.25) is 0 Å². The molecule has 17 heavy (non-hydrogen) atoms. The summed E-state index contributed by atoms with van der Waals surface area (Å²) in [6, 6.07) is -0.310. The van der Waals surface area contributed by atoms with Gasteiger partial charge in [-0.2, -0.15) is 0 Å². The van der Waals surface area contributed by atoms with Crippen molar-refractivity contribution in [3.05, 3.63) is 0 Å². The molecule has 1 unspecified atom stereocenters. The van der Waals surface area contributed by atoms with Crippen LogP contribution in [0, 0.1) is 5.41 Å². The highest BCUT2D eigenvalue weighted by Crippen LogP contribution is 2.37. The fourth-order valence-corrected chi connectivity index (χ4v) is 2.97. The Morgan fingerprint density at radius 3 is 2.59 bits per heavy atom. The molecule has 2 aliphatic rings. The van der Waals surface area contributed by atoms with Crippen molar-refractivity contribution >= 4 is 11.8 Å². The van der Waals surface area contributed by atoms with Crippen molar-refractivity contribution in [1.82, 2.24) is 10.2 Å². The van der Waals surface area contributed by atoms with Gasteiger partial charge in [-0.1, -0.05) is 26.2 Å². The number of carbonyl (C=O) groups excluding carboxylic acids is 2. The fraction of sp³-hybridized carbons (Fsp3) is 0.846. The van der Waals surface area contributed by atoms with E-state index in [0.29, 0.717) is 0 Å². The van der Waals surface area contributed by atoms with Gasteiger partial charge in [0.05, 0.1) is 6.54 Å². The van der Waals surface area contributed by atoms with Crippen LogP contribution in [-0.2, 0) is 9.59 Å². The van der Waals surface area contributed by atoms with Crippen LogP contribution in [0.25, 0.3) is 0 Å². The van der Waals surface area contributed by atoms with Gasteiger partial charge in [0, 0.05) is 6.54 Å². The molecule has 0 aromatic heterocycles. The van der Waals surface area contributed by atoms with E-state index in [4.69, 9.17) is 0 Å². The summed E-state index contributed by atoms with van der Waals surface area (Å²) in [5.74, 6) is 0.0351. The van der Waals surface area contributed by atoms with E-state index in [1.807, 2.05) is 6.92 Å². The summed E-state index contributed by atoms with van der Waals surface area (Å²) in [6.07, 6.45) is 6.15. The van der Waals surface area contributed by atoms with Crippen LogP contribution < -0.4 is 5.32 Å². The number of nitrogens with zero attached hydrogens (tertiary/aromatic N) is 1. The molecule has 2 fully saturated rings. The lowest BCUT2D eigenvalue weighted by molar-refractivity contribution is -0.146. The molecule has 1 saturated carbocycles. The molecule has 1 aliphatic carbocycles. The maximum absolute atomic E-state index is 11.9. The van der Waals surface area contributed by atoms with Gasteiger partial charge in [0.2, 0.25) is 11.8 Å². The molecule has 1 heterocycles. The highest BCUT2D eigenvalue weighted by molar-refractivity contribution is 5.94. The summed E-state index contributed by atoms with van der Waals surface area (Å²) in [5, 5.41) is 2.63. The second-order valence-electron chi connectivity index (χ2n) is 5.79. The number of rotatable bonds is 2. The van der Waals surface area contributed by atoms with Gasteiger partial charge in [-0.25, -0.2) is 0 Å². The molecule has 1 aliphatic heterocycles. The number of amides is 2. The molecule has 1 N–H and O–H groups in total. The average Bonchev–Trinajstić information content (AvgIpc) is 2.31. The van der Waals surface area contributed by atoms with E-state index in [1.165, 1.54) is 32.1 Å². The predicted octanol–water partition coefficient (Wildman–Crippen LogP) is 1.30. The second kappa shape index (κ2) is 4.67. The number of hydrogen-bond acceptors (Lipinski definition) is 2. The molecule has 2 amide bonds. The fourth-order valence-electron chi connectivity index (χ4n) is 2.97. The van der Waals surface area contributed by atoms with Crippen molar-refractivity contribution < 1.29 is 9.59 Å². The van der Waals surface area contributed by atoms with Crippen molar-refractivity contribution in [1.29, 1.82) is 0 Å². The third kappa shape index (κ3) is 2.61. The summed E-state index contributed by atoms with van der Waals surface area (Å²) in [5.41, 5.74) is 0.208. The highest BCUT2D eigenvalue weighted by Gasteiger charge is 2.37. The van der Waals surface area contributed by atoms with Gasteiger partial charge in [-0.3, -0.25) is 9.59 Å². The number of hydrogen-bond donors (Lipinski definition) is 1. The SMILES string of the molecule is CC1C(=O)NCC(=O)N1CC1(C)CCCCC1. The lowest BCUT2D eigenvalue weighted by Crippen LogP contribution is -2.59. The first-order valence-electron chi connectivity index (χ1n) is 6.59. The van der Waals surface area contributed by atoms with Crippen molar-refractivity contribution in [3.63, 3.8) is 0 Å². The Balaban J connectivity index is 2.04. The molecule has 0 aromatic carbocycles. The zero-order valence-corrected chi connectivity index (χ0v) is 10.8. The first kappa shape index (κ1) is 12.4. The van der Waals surface area contributed by atoms with Crippen molar-refractivity contribution in [3.8, 4) is 0 Å². The van der Waals surface area contributed by atoms with Crippen LogP contribution in [-0.4, -0.2) is 35.8 Å². The molecule has 4 nitrogen and oxygen atoms in total. The molecule has 0 bridgehead atoms. The molecule has 0 aromatic rings. The van der Waals surface area contributed by atoms with Crippen LogP contribution >= 0.6 is 0 Å². The Morgan fingerprint density at radius 1 is 1.29 bits per heavy atom. The lowest BCUT2D eigenvalue weighted by Gasteiger charge is -2.42. The van der Waals surface area contributed by atoms with Crippen LogP contribution in [0.5, 0.6) is 0 Å². The molecule has 0 radical (unpaired) electrons. The van der Waals surface area contributed by atoms with E-state index < -0.39 is 0 Å². The average molecular weight is 238 g/mol. The second-order valence-corrected chi connectivity index (χ2v) is 5.79. The zero-order valence-electron chi connectivity index (χ0n) is 10.8. The molecule has 1 atom stereocenters. The van der Waals surface area contributed by atoms with Gasteiger partial charge in [0.15, 0.2) is 0 Å². The Morgan fingerprint density at radius 2 is 1.94 bits per heavy atom. The highest BCUT2D eigenvalue weighted by atomic mass is 16.2. The van der Waals surface area contributed by atoms with Gasteiger partial charge in [-0.15, -0.1) is 0 Å². The molecule has 2 rings (SSSR count). The van der Waals surface area contributed by atoms with E-state index in [1.54, 1.807) is 4.90 Å². The molecule has 0 spiro atoms. The first-order chi connectivity index (χ1) is 8.02. The minimum atomic E-state index is -0.310. The van der Waals surface area contributed by atoms with E-state index >= 15 is 0 Å². The van der Waals surface area contributed by atoms with Gasteiger partial charge < -0.3 is 10.2 Å². The zero-order chi connectivity index (χ0) is 12.5. The third-order valence-corrected chi connectivity index (χ3v) is 4.19. The molecular formula is C13H22N2O2. The first-order valence-corrected chi connectivity index (χ1v) is 6.59. The van der Waals surface area contributed by atoms with Gasteiger partial charge in [0.25, 0.3) is 0 Å². The van der Waals surface area contributed by atoms with Crippen LogP contribution in [0.1, 0.15) is 46.0 Å². The molecular weight excluding hydrogens is 216 g/mol. The minimum Gasteiger partial charge on any atom is -0.345 e. The maximum atomic E-state index is 11.9. The van der Waals surface area contributed by atoms with E-state index in [9.17, 15) is 9.59 Å². The maximum Gasteiger partial charge on any atom is 0.242 e. The third-order valence-electron chi connectivity index (χ3n) is 4.19. The number of carbonyl (C=O) groups is 2. The Bertz CT molecular complexity index is 321. The lowest BCUT2D eigenvalue weighted by atomic mass is 9.75. The summed E-state index contributed by atoms with van der Waals surface area (Å²) in [7, 11) is 0. The Kier molecular flexibility index (Phi) is 3.40. The van der Waals surface area contributed by atoms with E-state index in [0.717, 1.165) is 6.54 Å². The Hall–Kier alpha value is -1.06. The Labute approximate surface area is 103 Å². The van der Waals surface area contributed by atoms with Crippen molar-refractivity contribution in [2.75, 3.05) is 13.1 Å². The van der Waals surface area contributed by atoms with Gasteiger partial charge >= 0.3 is 0 Å².